The highest BCUT2D eigenvalue weighted by Gasteiger charge is 2.30. The maximum Gasteiger partial charge on any atom is 0.416 e. The lowest BCUT2D eigenvalue weighted by Gasteiger charge is -2.05. The number of alkyl halides is 3. The Bertz CT molecular complexity index is 986. The molecule has 0 saturated heterocycles. The smallest absolute Gasteiger partial charge is 0.339 e. The number of aromatic nitrogens is 3. The molecular formula is C15H8F3N3. The number of fused-ring (bicyclic) bond motifs is 4. The lowest BCUT2D eigenvalue weighted by Crippen LogP contribution is -2.03. The topological polar surface area (TPSA) is 41.6 Å². The third-order valence-electron chi connectivity index (χ3n) is 3.48. The molecule has 3 nitrogen and oxygen atoms in total. The second-order valence-corrected chi connectivity index (χ2v) is 4.82. The third kappa shape index (κ3) is 1.83. The monoisotopic (exact) mass is 287 g/mol. The van der Waals surface area contributed by atoms with E-state index in [1.54, 1.807) is 12.3 Å². The predicted octanol–water partition coefficient (Wildman–Crippen LogP) is 4.28. The average molecular weight is 287 g/mol. The van der Waals surface area contributed by atoms with Gasteiger partial charge >= 0.3 is 6.18 Å². The predicted molar refractivity (Wildman–Crippen MR) is 73.9 cm³/mol. The molecule has 0 aliphatic carbocycles. The first-order chi connectivity index (χ1) is 10.0. The van der Waals surface area contributed by atoms with Gasteiger partial charge in [-0.1, -0.05) is 6.07 Å². The molecule has 21 heavy (non-hydrogen) atoms. The van der Waals surface area contributed by atoms with Crippen LogP contribution in [0.5, 0.6) is 0 Å². The Labute approximate surface area is 116 Å². The van der Waals surface area contributed by atoms with Gasteiger partial charge in [0.1, 0.15) is 5.65 Å². The van der Waals surface area contributed by atoms with Crippen LogP contribution in [0.15, 0.2) is 42.6 Å². The minimum Gasteiger partial charge on any atom is -0.339 e. The van der Waals surface area contributed by atoms with Crippen LogP contribution in [0.25, 0.3) is 33.0 Å². The van der Waals surface area contributed by atoms with Crippen molar-refractivity contribution in [2.75, 3.05) is 0 Å². The van der Waals surface area contributed by atoms with Crippen LogP contribution in [0.2, 0.25) is 0 Å². The van der Waals surface area contributed by atoms with Crippen LogP contribution >= 0.6 is 0 Å². The van der Waals surface area contributed by atoms with Crippen molar-refractivity contribution in [1.82, 2.24) is 15.0 Å². The maximum atomic E-state index is 12.8. The van der Waals surface area contributed by atoms with Gasteiger partial charge in [0.05, 0.1) is 5.56 Å². The SMILES string of the molecule is FC(F)(F)c1ccc2c(c1)[nH]c1nc3ncccc3cc12. The van der Waals surface area contributed by atoms with E-state index >= 15 is 0 Å². The number of pyridine rings is 2. The first-order valence-electron chi connectivity index (χ1n) is 6.27. The van der Waals surface area contributed by atoms with Crippen molar-refractivity contribution in [3.05, 3.63) is 48.2 Å². The second kappa shape index (κ2) is 3.94. The molecule has 0 amide bonds. The van der Waals surface area contributed by atoms with E-state index in [-0.39, 0.29) is 0 Å². The van der Waals surface area contributed by atoms with Gasteiger partial charge in [0.2, 0.25) is 0 Å². The van der Waals surface area contributed by atoms with Gasteiger partial charge in [-0.3, -0.25) is 0 Å². The molecule has 3 aromatic heterocycles. The molecule has 6 heteroatoms. The molecule has 1 N–H and O–H groups in total. The molecule has 4 rings (SSSR count). The van der Waals surface area contributed by atoms with Crippen molar-refractivity contribution < 1.29 is 13.2 Å². The van der Waals surface area contributed by atoms with E-state index in [9.17, 15) is 13.2 Å². The van der Waals surface area contributed by atoms with Gasteiger partial charge < -0.3 is 4.98 Å². The minimum absolute atomic E-state index is 0.419. The van der Waals surface area contributed by atoms with Gasteiger partial charge in [-0.05, 0) is 30.3 Å². The summed E-state index contributed by atoms with van der Waals surface area (Å²) < 4.78 is 38.3. The number of rotatable bonds is 0. The van der Waals surface area contributed by atoms with E-state index in [1.165, 1.54) is 6.07 Å². The molecule has 0 unspecified atom stereocenters. The van der Waals surface area contributed by atoms with Crippen LogP contribution in [0.3, 0.4) is 0 Å². The number of nitrogens with one attached hydrogen (secondary N) is 1. The largest absolute Gasteiger partial charge is 0.416 e. The molecule has 104 valence electrons. The Morgan fingerprint density at radius 3 is 2.67 bits per heavy atom. The molecular weight excluding hydrogens is 279 g/mol. The van der Waals surface area contributed by atoms with Crippen LogP contribution in [0, 0.1) is 0 Å². The maximum absolute atomic E-state index is 12.8. The highest BCUT2D eigenvalue weighted by atomic mass is 19.4. The number of hydrogen-bond acceptors (Lipinski definition) is 2. The fourth-order valence-electron chi connectivity index (χ4n) is 2.49. The molecule has 0 aliphatic rings. The average Bonchev–Trinajstić information content (AvgIpc) is 2.80. The van der Waals surface area contributed by atoms with E-state index in [2.05, 4.69) is 15.0 Å². The van der Waals surface area contributed by atoms with Gasteiger partial charge in [0.25, 0.3) is 0 Å². The fraction of sp³-hybridized carbons (Fsp3) is 0.0667. The number of nitrogens with zero attached hydrogens (tertiary/aromatic N) is 2. The van der Waals surface area contributed by atoms with Crippen molar-refractivity contribution in [1.29, 1.82) is 0 Å². The van der Waals surface area contributed by atoms with E-state index in [0.29, 0.717) is 16.8 Å². The molecule has 0 saturated carbocycles. The number of halogens is 3. The summed E-state index contributed by atoms with van der Waals surface area (Å²) in [6.45, 7) is 0. The first kappa shape index (κ1) is 12.1. The summed E-state index contributed by atoms with van der Waals surface area (Å²) in [5.41, 5.74) is 0.843. The number of hydrogen-bond donors (Lipinski definition) is 1. The zero-order valence-electron chi connectivity index (χ0n) is 10.6. The summed E-state index contributed by atoms with van der Waals surface area (Å²) in [5.74, 6) is 0. The van der Waals surface area contributed by atoms with Crippen molar-refractivity contribution in [3.63, 3.8) is 0 Å². The van der Waals surface area contributed by atoms with Crippen molar-refractivity contribution >= 4 is 33.0 Å². The number of H-pyrrole nitrogens is 1. The highest BCUT2D eigenvalue weighted by molar-refractivity contribution is 6.09. The lowest BCUT2D eigenvalue weighted by atomic mass is 10.1. The van der Waals surface area contributed by atoms with Crippen LogP contribution < -0.4 is 0 Å². The summed E-state index contributed by atoms with van der Waals surface area (Å²) in [5, 5.41) is 2.36. The zero-order valence-corrected chi connectivity index (χ0v) is 10.6. The van der Waals surface area contributed by atoms with Crippen LogP contribution in [0.1, 0.15) is 5.56 Å². The van der Waals surface area contributed by atoms with Gasteiger partial charge in [0.15, 0.2) is 5.65 Å². The number of aromatic amines is 1. The van der Waals surface area contributed by atoms with Crippen molar-refractivity contribution in [2.45, 2.75) is 6.18 Å². The van der Waals surface area contributed by atoms with Crippen molar-refractivity contribution in [2.24, 2.45) is 0 Å². The Hall–Kier alpha value is -2.63. The molecule has 1 aromatic carbocycles. The molecule has 0 radical (unpaired) electrons. The van der Waals surface area contributed by atoms with Gasteiger partial charge in [-0.2, -0.15) is 13.2 Å². The van der Waals surface area contributed by atoms with Gasteiger partial charge in [-0.25, -0.2) is 9.97 Å². The minimum atomic E-state index is -4.36. The first-order valence-corrected chi connectivity index (χ1v) is 6.27. The summed E-state index contributed by atoms with van der Waals surface area (Å²) in [4.78, 5) is 11.4. The fourth-order valence-corrected chi connectivity index (χ4v) is 2.49. The summed E-state index contributed by atoms with van der Waals surface area (Å²) in [6, 6.07) is 9.22. The molecule has 0 spiro atoms. The summed E-state index contributed by atoms with van der Waals surface area (Å²) in [6.07, 6.45) is -2.73. The van der Waals surface area contributed by atoms with Crippen LogP contribution in [0.4, 0.5) is 13.2 Å². The summed E-state index contributed by atoms with van der Waals surface area (Å²) >= 11 is 0. The van der Waals surface area contributed by atoms with E-state index in [1.807, 2.05) is 12.1 Å². The quantitative estimate of drug-likeness (QED) is 0.524. The second-order valence-electron chi connectivity index (χ2n) is 4.82. The lowest BCUT2D eigenvalue weighted by molar-refractivity contribution is -0.137. The Balaban J connectivity index is 2.07. The van der Waals surface area contributed by atoms with E-state index in [4.69, 9.17) is 0 Å². The van der Waals surface area contributed by atoms with Crippen LogP contribution in [-0.4, -0.2) is 15.0 Å². The van der Waals surface area contributed by atoms with Crippen LogP contribution in [-0.2, 0) is 6.18 Å². The normalized spacial score (nSPS) is 12.5. The summed E-state index contributed by atoms with van der Waals surface area (Å²) in [7, 11) is 0. The molecule has 4 aromatic rings. The standard InChI is InChI=1S/C15H8F3N3/c16-15(17,18)9-3-4-10-11-6-8-2-1-5-19-13(8)21-14(11)20-12(10)7-9/h1-7H,(H,19,20,21). The highest BCUT2D eigenvalue weighted by Crippen LogP contribution is 2.33. The Kier molecular flexibility index (Phi) is 2.28. The molecule has 0 aliphatic heterocycles. The van der Waals surface area contributed by atoms with Gasteiger partial charge in [-0.15, -0.1) is 0 Å². The van der Waals surface area contributed by atoms with Gasteiger partial charge in [0, 0.05) is 27.9 Å². The Morgan fingerprint density at radius 2 is 1.86 bits per heavy atom. The third-order valence-corrected chi connectivity index (χ3v) is 3.48. The zero-order chi connectivity index (χ0) is 14.6. The van der Waals surface area contributed by atoms with E-state index < -0.39 is 11.7 Å². The number of benzene rings is 1. The molecule has 0 atom stereocenters. The molecule has 0 fully saturated rings. The molecule has 3 heterocycles. The van der Waals surface area contributed by atoms with E-state index in [0.717, 1.165) is 28.3 Å². The molecule has 0 bridgehead atoms. The Morgan fingerprint density at radius 1 is 1.00 bits per heavy atom. The van der Waals surface area contributed by atoms with Crippen molar-refractivity contribution in [3.8, 4) is 0 Å².